The van der Waals surface area contributed by atoms with Crippen molar-refractivity contribution in [3.05, 3.63) is 52.2 Å². The number of nitrogens with zero attached hydrogens (tertiary/aromatic N) is 1. The van der Waals surface area contributed by atoms with Crippen LogP contribution in [0.1, 0.15) is 28.8 Å². The highest BCUT2D eigenvalue weighted by atomic mass is 32.2. The summed E-state index contributed by atoms with van der Waals surface area (Å²) in [5, 5.41) is 7.46. The van der Waals surface area contributed by atoms with Crippen LogP contribution in [0.2, 0.25) is 0 Å². The van der Waals surface area contributed by atoms with Gasteiger partial charge in [0.15, 0.2) is 0 Å². The lowest BCUT2D eigenvalue weighted by Gasteiger charge is -2.30. The van der Waals surface area contributed by atoms with Crippen LogP contribution in [-0.2, 0) is 5.75 Å². The van der Waals surface area contributed by atoms with Crippen LogP contribution in [0.25, 0.3) is 0 Å². The van der Waals surface area contributed by atoms with E-state index >= 15 is 0 Å². The van der Waals surface area contributed by atoms with Crippen LogP contribution in [0.4, 0.5) is 0 Å². The van der Waals surface area contributed by atoms with Crippen LogP contribution in [0, 0.1) is 0 Å². The third-order valence-electron chi connectivity index (χ3n) is 4.07. The first-order valence-electron chi connectivity index (χ1n) is 7.94. The van der Waals surface area contributed by atoms with Crippen LogP contribution in [0.3, 0.4) is 0 Å². The Balaban J connectivity index is 1.65. The van der Waals surface area contributed by atoms with Crippen LogP contribution < -0.4 is 5.32 Å². The molecule has 0 radical (unpaired) electrons. The second-order valence-electron chi connectivity index (χ2n) is 5.99. The minimum Gasteiger partial charge on any atom is -0.348 e. The highest BCUT2D eigenvalue weighted by Gasteiger charge is 2.20. The van der Waals surface area contributed by atoms with Crippen LogP contribution >= 0.6 is 23.1 Å². The maximum atomic E-state index is 12.7. The van der Waals surface area contributed by atoms with Crippen molar-refractivity contribution in [1.29, 1.82) is 0 Å². The van der Waals surface area contributed by atoms with E-state index in [9.17, 15) is 4.79 Å². The molecule has 1 fully saturated rings. The van der Waals surface area contributed by atoms with E-state index in [0.29, 0.717) is 0 Å². The van der Waals surface area contributed by atoms with Gasteiger partial charge < -0.3 is 10.2 Å². The molecule has 0 saturated carbocycles. The lowest BCUT2D eigenvalue weighted by Crippen LogP contribution is -2.46. The Labute approximate surface area is 146 Å². The van der Waals surface area contributed by atoms with Gasteiger partial charge in [0.2, 0.25) is 0 Å². The van der Waals surface area contributed by atoms with Crippen LogP contribution in [0.5, 0.6) is 0 Å². The third kappa shape index (κ3) is 4.59. The number of carbonyl (C=O) groups excluding carboxylic acids is 1. The summed E-state index contributed by atoms with van der Waals surface area (Å²) < 4.78 is 0. The first-order valence-corrected chi connectivity index (χ1v) is 9.87. The number of hydrogen-bond acceptors (Lipinski definition) is 4. The first kappa shape index (κ1) is 16.6. The number of thioether (sulfide) groups is 1. The van der Waals surface area contributed by atoms with Gasteiger partial charge in [-0.3, -0.25) is 4.79 Å². The topological polar surface area (TPSA) is 32.3 Å². The number of thiophene rings is 1. The van der Waals surface area contributed by atoms with Gasteiger partial charge in [-0.2, -0.15) is 11.3 Å². The number of rotatable bonds is 5. The molecule has 3 rings (SSSR count). The molecule has 1 aromatic heterocycles. The Morgan fingerprint density at radius 3 is 3.04 bits per heavy atom. The summed E-state index contributed by atoms with van der Waals surface area (Å²) in [6.07, 6.45) is 2.22. The number of amides is 1. The van der Waals surface area contributed by atoms with Gasteiger partial charge in [0.1, 0.15) is 0 Å². The quantitative estimate of drug-likeness (QED) is 0.834. The van der Waals surface area contributed by atoms with Crippen molar-refractivity contribution < 1.29 is 4.79 Å². The average molecular weight is 347 g/mol. The number of nitrogens with one attached hydrogen (secondary N) is 1. The van der Waals surface area contributed by atoms with Crippen molar-refractivity contribution in [2.75, 3.05) is 20.1 Å². The minimum atomic E-state index is 0.0544. The fourth-order valence-corrected chi connectivity index (χ4v) is 4.63. The van der Waals surface area contributed by atoms with Gasteiger partial charge in [-0.25, -0.2) is 0 Å². The highest BCUT2D eigenvalue weighted by molar-refractivity contribution is 7.98. The van der Waals surface area contributed by atoms with E-state index in [1.54, 1.807) is 23.1 Å². The van der Waals surface area contributed by atoms with E-state index in [1.165, 1.54) is 5.56 Å². The zero-order valence-corrected chi connectivity index (χ0v) is 15.0. The maximum absolute atomic E-state index is 12.7. The molecule has 1 unspecified atom stereocenters. The molecule has 2 heterocycles. The molecule has 1 aliphatic heterocycles. The van der Waals surface area contributed by atoms with Gasteiger partial charge in [-0.05, 0) is 61.0 Å². The third-order valence-corrected chi connectivity index (χ3v) is 5.94. The van der Waals surface area contributed by atoms with Gasteiger partial charge in [0.05, 0.1) is 5.56 Å². The first-order chi connectivity index (χ1) is 11.2. The smallest absolute Gasteiger partial charge is 0.252 e. The standard InChI is InChI=1S/C18H22N2OS2/c1-20-9-4-5-15(11-20)19-18(21)16-6-2-3-7-17(16)23-13-14-8-10-22-12-14/h2-3,6-8,10,12,15H,4-5,9,11,13H2,1H3,(H,19,21). The van der Waals surface area contributed by atoms with E-state index in [1.807, 2.05) is 24.3 Å². The number of piperidine rings is 1. The minimum absolute atomic E-state index is 0.0544. The van der Waals surface area contributed by atoms with Crippen molar-refractivity contribution in [2.45, 2.75) is 29.5 Å². The predicted octanol–water partition coefficient (Wildman–Crippen LogP) is 3.86. The number of likely N-dealkylation sites (N-methyl/N-ethyl adjacent to an activating group) is 1. The normalized spacial score (nSPS) is 18.7. The molecule has 3 nitrogen and oxygen atoms in total. The van der Waals surface area contributed by atoms with Gasteiger partial charge in [-0.1, -0.05) is 12.1 Å². The lowest BCUT2D eigenvalue weighted by atomic mass is 10.1. The molecular formula is C18H22N2OS2. The molecule has 2 aromatic rings. The Bertz CT molecular complexity index is 642. The molecule has 1 aromatic carbocycles. The van der Waals surface area contributed by atoms with E-state index in [4.69, 9.17) is 0 Å². The zero-order valence-electron chi connectivity index (χ0n) is 13.3. The largest absolute Gasteiger partial charge is 0.348 e. The molecule has 1 atom stereocenters. The second-order valence-corrected chi connectivity index (χ2v) is 7.79. The molecule has 5 heteroatoms. The van der Waals surface area contributed by atoms with Gasteiger partial charge in [0, 0.05) is 23.2 Å². The van der Waals surface area contributed by atoms with E-state index in [0.717, 1.165) is 42.1 Å². The maximum Gasteiger partial charge on any atom is 0.252 e. The summed E-state index contributed by atoms with van der Waals surface area (Å²) in [5.74, 6) is 0.957. The summed E-state index contributed by atoms with van der Waals surface area (Å²) in [4.78, 5) is 16.0. The molecule has 1 amide bonds. The van der Waals surface area contributed by atoms with E-state index in [2.05, 4.69) is 34.1 Å². The monoisotopic (exact) mass is 346 g/mol. The molecule has 0 bridgehead atoms. The molecule has 0 aliphatic carbocycles. The van der Waals surface area contributed by atoms with E-state index < -0.39 is 0 Å². The van der Waals surface area contributed by atoms with Gasteiger partial charge in [-0.15, -0.1) is 11.8 Å². The van der Waals surface area contributed by atoms with Crippen molar-refractivity contribution in [1.82, 2.24) is 10.2 Å². The Morgan fingerprint density at radius 2 is 2.26 bits per heavy atom. The van der Waals surface area contributed by atoms with Crippen molar-refractivity contribution >= 4 is 29.0 Å². The van der Waals surface area contributed by atoms with Gasteiger partial charge >= 0.3 is 0 Å². The van der Waals surface area contributed by atoms with Crippen molar-refractivity contribution in [2.24, 2.45) is 0 Å². The molecule has 0 spiro atoms. The summed E-state index contributed by atoms with van der Waals surface area (Å²) >= 11 is 3.44. The number of likely N-dealkylation sites (tertiary alicyclic amines) is 1. The summed E-state index contributed by atoms with van der Waals surface area (Å²) in [7, 11) is 2.11. The number of benzene rings is 1. The number of hydrogen-bond donors (Lipinski definition) is 1. The van der Waals surface area contributed by atoms with Crippen LogP contribution in [-0.4, -0.2) is 37.0 Å². The molecule has 122 valence electrons. The summed E-state index contributed by atoms with van der Waals surface area (Å²) in [6.45, 7) is 2.06. The Morgan fingerprint density at radius 1 is 1.39 bits per heavy atom. The fourth-order valence-electron chi connectivity index (χ4n) is 2.86. The molecule has 23 heavy (non-hydrogen) atoms. The molecule has 1 N–H and O–H groups in total. The zero-order chi connectivity index (χ0) is 16.1. The van der Waals surface area contributed by atoms with E-state index in [-0.39, 0.29) is 11.9 Å². The van der Waals surface area contributed by atoms with Crippen LogP contribution in [0.15, 0.2) is 46.0 Å². The SMILES string of the molecule is CN1CCCC(NC(=O)c2ccccc2SCc2ccsc2)C1. The Kier molecular flexibility index (Phi) is 5.75. The molecule has 1 aliphatic rings. The summed E-state index contributed by atoms with van der Waals surface area (Å²) in [5.41, 5.74) is 2.10. The number of carbonyl (C=O) groups is 1. The molecular weight excluding hydrogens is 324 g/mol. The van der Waals surface area contributed by atoms with Gasteiger partial charge in [0.25, 0.3) is 5.91 Å². The lowest BCUT2D eigenvalue weighted by molar-refractivity contribution is 0.0909. The van der Waals surface area contributed by atoms with Crippen molar-refractivity contribution in [3.8, 4) is 0 Å². The predicted molar refractivity (Wildman–Crippen MR) is 98.3 cm³/mol. The fraction of sp³-hybridized carbons (Fsp3) is 0.389. The Hall–Kier alpha value is -1.30. The van der Waals surface area contributed by atoms with Crippen molar-refractivity contribution in [3.63, 3.8) is 0 Å². The molecule has 1 saturated heterocycles. The summed E-state index contributed by atoms with van der Waals surface area (Å²) in [6, 6.07) is 10.3. The second kappa shape index (κ2) is 7.99. The average Bonchev–Trinajstić information content (AvgIpc) is 3.06. The highest BCUT2D eigenvalue weighted by Crippen LogP contribution is 2.27.